The van der Waals surface area contributed by atoms with Crippen LogP contribution in [0.2, 0.25) is 0 Å². The average molecular weight is 277 g/mol. The number of hydrogen-bond acceptors (Lipinski definition) is 3. The lowest BCUT2D eigenvalue weighted by atomic mass is 10.2. The third-order valence-electron chi connectivity index (χ3n) is 3.66. The van der Waals surface area contributed by atoms with Gasteiger partial charge in [-0.3, -0.25) is 0 Å². The van der Waals surface area contributed by atoms with Crippen LogP contribution in [-0.2, 0) is 11.2 Å². The second-order valence-corrected chi connectivity index (χ2v) is 5.53. The third-order valence-corrected chi connectivity index (χ3v) is 3.66. The van der Waals surface area contributed by atoms with Crippen LogP contribution in [0.15, 0.2) is 18.2 Å². The number of nitrogens with zero attached hydrogens (tertiary/aromatic N) is 2. The summed E-state index contributed by atoms with van der Waals surface area (Å²) in [5.41, 5.74) is 1.71. The van der Waals surface area contributed by atoms with Crippen molar-refractivity contribution in [2.75, 3.05) is 19.7 Å². The van der Waals surface area contributed by atoms with Crippen molar-refractivity contribution in [1.29, 1.82) is 0 Å². The summed E-state index contributed by atoms with van der Waals surface area (Å²) < 4.78 is 21.3. The standard InChI is InChI=1S/C15H20FN3O/c1-10(2)19-14-7-11(16)3-4-13(14)18-15(19)8-12-9-17-5-6-20-12/h3-4,7,10,12,17H,5-6,8-9H2,1-2H3. The molecule has 1 saturated heterocycles. The molecule has 1 N–H and O–H groups in total. The summed E-state index contributed by atoms with van der Waals surface area (Å²) in [7, 11) is 0. The molecule has 1 aromatic heterocycles. The van der Waals surface area contributed by atoms with Crippen molar-refractivity contribution in [3.63, 3.8) is 0 Å². The van der Waals surface area contributed by atoms with Crippen molar-refractivity contribution in [3.05, 3.63) is 29.8 Å². The molecule has 0 saturated carbocycles. The summed E-state index contributed by atoms with van der Waals surface area (Å²) >= 11 is 0. The first-order valence-electron chi connectivity index (χ1n) is 7.14. The van der Waals surface area contributed by atoms with Gasteiger partial charge in [0.05, 0.1) is 23.7 Å². The lowest BCUT2D eigenvalue weighted by molar-refractivity contribution is 0.0275. The molecule has 20 heavy (non-hydrogen) atoms. The molecule has 1 aliphatic heterocycles. The van der Waals surface area contributed by atoms with Crippen LogP contribution in [0.3, 0.4) is 0 Å². The van der Waals surface area contributed by atoms with Gasteiger partial charge in [0.2, 0.25) is 0 Å². The molecule has 1 unspecified atom stereocenters. The number of ether oxygens (including phenoxy) is 1. The summed E-state index contributed by atoms with van der Waals surface area (Å²) in [6, 6.07) is 5.01. The van der Waals surface area contributed by atoms with Crippen molar-refractivity contribution in [1.82, 2.24) is 14.9 Å². The predicted molar refractivity (Wildman–Crippen MR) is 76.4 cm³/mol. The van der Waals surface area contributed by atoms with Crippen LogP contribution in [0.25, 0.3) is 11.0 Å². The molecule has 2 aromatic rings. The van der Waals surface area contributed by atoms with Gasteiger partial charge in [0.15, 0.2) is 0 Å². The fraction of sp³-hybridized carbons (Fsp3) is 0.533. The summed E-state index contributed by atoms with van der Waals surface area (Å²) in [6.07, 6.45) is 0.893. The van der Waals surface area contributed by atoms with Crippen molar-refractivity contribution in [3.8, 4) is 0 Å². The topological polar surface area (TPSA) is 39.1 Å². The molecular formula is C15H20FN3O. The molecule has 0 spiro atoms. The first-order chi connectivity index (χ1) is 9.65. The van der Waals surface area contributed by atoms with Crippen molar-refractivity contribution in [2.45, 2.75) is 32.4 Å². The summed E-state index contributed by atoms with van der Waals surface area (Å²) in [5, 5.41) is 3.32. The van der Waals surface area contributed by atoms with E-state index in [1.807, 2.05) is 0 Å². The lowest BCUT2D eigenvalue weighted by Crippen LogP contribution is -2.40. The Balaban J connectivity index is 1.98. The van der Waals surface area contributed by atoms with Gasteiger partial charge in [0.1, 0.15) is 11.6 Å². The van der Waals surface area contributed by atoms with E-state index in [2.05, 4.69) is 28.7 Å². The second-order valence-electron chi connectivity index (χ2n) is 5.53. The van der Waals surface area contributed by atoms with Gasteiger partial charge in [-0.1, -0.05) is 0 Å². The minimum atomic E-state index is -0.221. The zero-order valence-corrected chi connectivity index (χ0v) is 11.9. The highest BCUT2D eigenvalue weighted by molar-refractivity contribution is 5.76. The summed E-state index contributed by atoms with van der Waals surface area (Å²) in [6.45, 7) is 6.67. The molecule has 1 atom stereocenters. The highest BCUT2D eigenvalue weighted by Crippen LogP contribution is 2.23. The van der Waals surface area contributed by atoms with Crippen molar-refractivity contribution in [2.24, 2.45) is 0 Å². The quantitative estimate of drug-likeness (QED) is 0.935. The molecule has 2 heterocycles. The number of imidazole rings is 1. The van der Waals surface area contributed by atoms with E-state index in [9.17, 15) is 4.39 Å². The third kappa shape index (κ3) is 2.55. The Morgan fingerprint density at radius 2 is 2.35 bits per heavy atom. The van der Waals surface area contributed by atoms with Gasteiger partial charge in [0.25, 0.3) is 0 Å². The molecule has 0 amide bonds. The van der Waals surface area contributed by atoms with Gasteiger partial charge in [-0.15, -0.1) is 0 Å². The van der Waals surface area contributed by atoms with E-state index in [0.717, 1.165) is 43.0 Å². The number of nitrogens with one attached hydrogen (secondary N) is 1. The van der Waals surface area contributed by atoms with Gasteiger partial charge in [0, 0.05) is 25.6 Å². The summed E-state index contributed by atoms with van der Waals surface area (Å²) in [5.74, 6) is 0.746. The van der Waals surface area contributed by atoms with Crippen LogP contribution in [0.1, 0.15) is 25.7 Å². The van der Waals surface area contributed by atoms with Gasteiger partial charge in [-0.2, -0.15) is 0 Å². The Morgan fingerprint density at radius 3 is 3.05 bits per heavy atom. The Morgan fingerprint density at radius 1 is 1.50 bits per heavy atom. The number of morpholine rings is 1. The maximum Gasteiger partial charge on any atom is 0.125 e. The molecule has 0 radical (unpaired) electrons. The van der Waals surface area contributed by atoms with Crippen LogP contribution >= 0.6 is 0 Å². The highest BCUT2D eigenvalue weighted by Gasteiger charge is 2.20. The van der Waals surface area contributed by atoms with Crippen LogP contribution in [0.4, 0.5) is 4.39 Å². The number of fused-ring (bicyclic) bond motifs is 1. The fourth-order valence-electron chi connectivity index (χ4n) is 2.79. The van der Waals surface area contributed by atoms with Gasteiger partial charge in [-0.05, 0) is 32.0 Å². The minimum absolute atomic E-state index is 0.142. The molecule has 1 aromatic carbocycles. The van der Waals surface area contributed by atoms with E-state index < -0.39 is 0 Å². The Labute approximate surface area is 117 Å². The maximum absolute atomic E-state index is 13.5. The number of benzene rings is 1. The first-order valence-corrected chi connectivity index (χ1v) is 7.14. The Kier molecular flexibility index (Phi) is 3.72. The first kappa shape index (κ1) is 13.5. The Bertz CT molecular complexity index is 602. The molecule has 3 rings (SSSR count). The van der Waals surface area contributed by atoms with E-state index in [1.165, 1.54) is 6.07 Å². The summed E-state index contributed by atoms with van der Waals surface area (Å²) in [4.78, 5) is 4.66. The molecule has 108 valence electrons. The molecule has 4 nitrogen and oxygen atoms in total. The monoisotopic (exact) mass is 277 g/mol. The minimum Gasteiger partial charge on any atom is -0.375 e. The maximum atomic E-state index is 13.5. The lowest BCUT2D eigenvalue weighted by Gasteiger charge is -2.24. The number of aromatic nitrogens is 2. The van der Waals surface area contributed by atoms with Gasteiger partial charge >= 0.3 is 0 Å². The van der Waals surface area contributed by atoms with E-state index in [4.69, 9.17) is 4.74 Å². The molecule has 1 aliphatic rings. The highest BCUT2D eigenvalue weighted by atomic mass is 19.1. The zero-order valence-electron chi connectivity index (χ0n) is 11.9. The van der Waals surface area contributed by atoms with Crippen LogP contribution in [-0.4, -0.2) is 35.4 Å². The van der Waals surface area contributed by atoms with Crippen LogP contribution in [0, 0.1) is 5.82 Å². The molecule has 0 bridgehead atoms. The second kappa shape index (κ2) is 5.50. The molecule has 0 aliphatic carbocycles. The van der Waals surface area contributed by atoms with Crippen molar-refractivity contribution < 1.29 is 9.13 Å². The SMILES string of the molecule is CC(C)n1c(CC2CNCCO2)nc2ccc(F)cc21. The van der Waals surface area contributed by atoms with E-state index in [0.29, 0.717) is 0 Å². The molecule has 5 heteroatoms. The van der Waals surface area contributed by atoms with Crippen LogP contribution in [0.5, 0.6) is 0 Å². The number of halogens is 1. The fourth-order valence-corrected chi connectivity index (χ4v) is 2.79. The van der Waals surface area contributed by atoms with E-state index >= 15 is 0 Å². The van der Waals surface area contributed by atoms with Crippen LogP contribution < -0.4 is 5.32 Å². The number of hydrogen-bond donors (Lipinski definition) is 1. The van der Waals surface area contributed by atoms with E-state index in [-0.39, 0.29) is 18.0 Å². The Hall–Kier alpha value is -1.46. The average Bonchev–Trinajstić information content (AvgIpc) is 2.77. The van der Waals surface area contributed by atoms with Crippen molar-refractivity contribution >= 4 is 11.0 Å². The van der Waals surface area contributed by atoms with Gasteiger partial charge in [-0.25, -0.2) is 9.37 Å². The largest absolute Gasteiger partial charge is 0.375 e. The molecular weight excluding hydrogens is 257 g/mol. The number of rotatable bonds is 3. The predicted octanol–water partition coefficient (Wildman–Crippen LogP) is 2.29. The zero-order chi connectivity index (χ0) is 14.1. The normalized spacial score (nSPS) is 19.9. The smallest absolute Gasteiger partial charge is 0.125 e. The molecule has 1 fully saturated rings. The van der Waals surface area contributed by atoms with E-state index in [1.54, 1.807) is 12.1 Å². The van der Waals surface area contributed by atoms with Gasteiger partial charge < -0.3 is 14.6 Å².